The molecule has 0 unspecified atom stereocenters. The number of benzene rings is 1. The van der Waals surface area contributed by atoms with Crippen molar-refractivity contribution in [1.82, 2.24) is 5.32 Å². The lowest BCUT2D eigenvalue weighted by Crippen LogP contribution is -2.13. The maximum Gasteiger partial charge on any atom is 0.123 e. The summed E-state index contributed by atoms with van der Waals surface area (Å²) in [5, 5.41) is 3.28. The van der Waals surface area contributed by atoms with E-state index in [9.17, 15) is 0 Å². The van der Waals surface area contributed by atoms with Gasteiger partial charge in [0.1, 0.15) is 12.4 Å². The minimum Gasteiger partial charge on any atom is -0.491 e. The van der Waals surface area contributed by atoms with E-state index in [0.29, 0.717) is 13.2 Å². The lowest BCUT2D eigenvalue weighted by Gasteiger charge is -2.11. The van der Waals surface area contributed by atoms with Crippen LogP contribution in [0.1, 0.15) is 12.5 Å². The fourth-order valence-electron chi connectivity index (χ4n) is 1.29. The minimum absolute atomic E-state index is 0.597. The van der Waals surface area contributed by atoms with E-state index in [1.807, 2.05) is 18.2 Å². The molecule has 3 heteroatoms. The van der Waals surface area contributed by atoms with Crippen LogP contribution in [0.2, 0.25) is 0 Å². The summed E-state index contributed by atoms with van der Waals surface area (Å²) in [4.78, 5) is 0. The highest BCUT2D eigenvalue weighted by atomic mass is 16.5. The van der Waals surface area contributed by atoms with Gasteiger partial charge in [0.2, 0.25) is 0 Å². The number of ether oxygens (including phenoxy) is 2. The SMILES string of the molecule is CCNCc1ccccc1OCCOC. The van der Waals surface area contributed by atoms with Gasteiger partial charge in [-0.1, -0.05) is 25.1 Å². The Morgan fingerprint density at radius 2 is 2.00 bits per heavy atom. The number of rotatable bonds is 7. The first-order valence-corrected chi connectivity index (χ1v) is 5.28. The zero-order chi connectivity index (χ0) is 10.9. The highest BCUT2D eigenvalue weighted by molar-refractivity contribution is 5.33. The van der Waals surface area contributed by atoms with E-state index < -0.39 is 0 Å². The van der Waals surface area contributed by atoms with Gasteiger partial charge in [-0.3, -0.25) is 0 Å². The van der Waals surface area contributed by atoms with Crippen molar-refractivity contribution in [2.75, 3.05) is 26.9 Å². The zero-order valence-corrected chi connectivity index (χ0v) is 9.45. The van der Waals surface area contributed by atoms with Crippen LogP contribution >= 0.6 is 0 Å². The van der Waals surface area contributed by atoms with Crippen molar-refractivity contribution in [1.29, 1.82) is 0 Å². The molecule has 0 radical (unpaired) electrons. The molecule has 3 nitrogen and oxygen atoms in total. The van der Waals surface area contributed by atoms with Crippen LogP contribution < -0.4 is 10.1 Å². The Hall–Kier alpha value is -1.06. The number of nitrogens with one attached hydrogen (secondary N) is 1. The Bertz CT molecular complexity index is 276. The molecule has 0 atom stereocenters. The molecule has 84 valence electrons. The van der Waals surface area contributed by atoms with Crippen LogP contribution in [0, 0.1) is 0 Å². The summed E-state index contributed by atoms with van der Waals surface area (Å²) < 4.78 is 10.6. The molecule has 0 fully saturated rings. The average Bonchev–Trinajstić information content (AvgIpc) is 2.28. The smallest absolute Gasteiger partial charge is 0.123 e. The second-order valence-electron chi connectivity index (χ2n) is 3.23. The second-order valence-corrected chi connectivity index (χ2v) is 3.23. The van der Waals surface area contributed by atoms with Gasteiger partial charge in [-0.25, -0.2) is 0 Å². The van der Waals surface area contributed by atoms with E-state index >= 15 is 0 Å². The summed E-state index contributed by atoms with van der Waals surface area (Å²) in [6.07, 6.45) is 0. The first-order valence-electron chi connectivity index (χ1n) is 5.28. The first-order chi connectivity index (χ1) is 7.38. The highest BCUT2D eigenvalue weighted by Gasteiger charge is 2.01. The van der Waals surface area contributed by atoms with E-state index in [1.54, 1.807) is 7.11 Å². The fourth-order valence-corrected chi connectivity index (χ4v) is 1.29. The molecule has 1 rings (SSSR count). The molecule has 0 amide bonds. The van der Waals surface area contributed by atoms with Gasteiger partial charge >= 0.3 is 0 Å². The maximum absolute atomic E-state index is 5.61. The Labute approximate surface area is 91.4 Å². The Kier molecular flexibility index (Phi) is 5.81. The van der Waals surface area contributed by atoms with Gasteiger partial charge in [-0.2, -0.15) is 0 Å². The average molecular weight is 209 g/mol. The second kappa shape index (κ2) is 7.26. The third kappa shape index (κ3) is 4.32. The van der Waals surface area contributed by atoms with Gasteiger partial charge in [0.05, 0.1) is 6.61 Å². The van der Waals surface area contributed by atoms with Crippen LogP contribution in [0.4, 0.5) is 0 Å². The molecule has 15 heavy (non-hydrogen) atoms. The molecule has 1 aromatic carbocycles. The highest BCUT2D eigenvalue weighted by Crippen LogP contribution is 2.17. The van der Waals surface area contributed by atoms with Gasteiger partial charge in [0.25, 0.3) is 0 Å². The summed E-state index contributed by atoms with van der Waals surface area (Å²) in [5.41, 5.74) is 1.19. The summed E-state index contributed by atoms with van der Waals surface area (Å²) >= 11 is 0. The Morgan fingerprint density at radius 1 is 1.20 bits per heavy atom. The Morgan fingerprint density at radius 3 is 2.73 bits per heavy atom. The minimum atomic E-state index is 0.597. The predicted molar refractivity (Wildman–Crippen MR) is 61.2 cm³/mol. The quantitative estimate of drug-likeness (QED) is 0.695. The molecule has 0 bridgehead atoms. The van der Waals surface area contributed by atoms with Crippen LogP contribution in [0.3, 0.4) is 0 Å². The number of hydrogen-bond acceptors (Lipinski definition) is 3. The normalized spacial score (nSPS) is 10.3. The van der Waals surface area contributed by atoms with Crippen LogP contribution in [0.5, 0.6) is 5.75 Å². The summed E-state index contributed by atoms with van der Waals surface area (Å²) in [6.45, 7) is 5.12. The molecular weight excluding hydrogens is 190 g/mol. The van der Waals surface area contributed by atoms with Crippen LogP contribution in [-0.2, 0) is 11.3 Å². The molecule has 1 aromatic rings. The molecule has 0 aromatic heterocycles. The molecule has 0 saturated heterocycles. The summed E-state index contributed by atoms with van der Waals surface area (Å²) in [6, 6.07) is 8.07. The topological polar surface area (TPSA) is 30.5 Å². The Balaban J connectivity index is 2.52. The molecule has 0 aliphatic carbocycles. The van der Waals surface area contributed by atoms with Crippen LogP contribution in [0.15, 0.2) is 24.3 Å². The van der Waals surface area contributed by atoms with Gasteiger partial charge in [0, 0.05) is 19.2 Å². The molecule has 1 N–H and O–H groups in total. The third-order valence-electron chi connectivity index (χ3n) is 2.08. The van der Waals surface area contributed by atoms with Gasteiger partial charge < -0.3 is 14.8 Å². The van der Waals surface area contributed by atoms with Gasteiger partial charge in [-0.05, 0) is 12.6 Å². The fraction of sp³-hybridized carbons (Fsp3) is 0.500. The van der Waals surface area contributed by atoms with Crippen molar-refractivity contribution in [2.45, 2.75) is 13.5 Å². The first kappa shape index (κ1) is 12.0. The van der Waals surface area contributed by atoms with Crippen molar-refractivity contribution < 1.29 is 9.47 Å². The molecule has 0 spiro atoms. The number of para-hydroxylation sites is 1. The predicted octanol–water partition coefficient (Wildman–Crippen LogP) is 1.82. The lowest BCUT2D eigenvalue weighted by atomic mass is 10.2. The van der Waals surface area contributed by atoms with E-state index in [2.05, 4.69) is 18.3 Å². The van der Waals surface area contributed by atoms with Crippen molar-refractivity contribution in [3.63, 3.8) is 0 Å². The van der Waals surface area contributed by atoms with Crippen molar-refractivity contribution >= 4 is 0 Å². The largest absolute Gasteiger partial charge is 0.491 e. The van der Waals surface area contributed by atoms with Gasteiger partial charge in [-0.15, -0.1) is 0 Å². The van der Waals surface area contributed by atoms with Crippen molar-refractivity contribution in [3.8, 4) is 5.75 Å². The van der Waals surface area contributed by atoms with E-state index in [4.69, 9.17) is 9.47 Å². The van der Waals surface area contributed by atoms with E-state index in [0.717, 1.165) is 18.8 Å². The monoisotopic (exact) mass is 209 g/mol. The zero-order valence-electron chi connectivity index (χ0n) is 9.45. The standard InChI is InChI=1S/C12H19NO2/c1-3-13-10-11-6-4-5-7-12(11)15-9-8-14-2/h4-7,13H,3,8-10H2,1-2H3. The summed E-state index contributed by atoms with van der Waals surface area (Å²) in [5.74, 6) is 0.940. The number of methoxy groups -OCH3 is 1. The van der Waals surface area contributed by atoms with E-state index in [1.165, 1.54) is 5.56 Å². The number of hydrogen-bond donors (Lipinski definition) is 1. The van der Waals surface area contributed by atoms with Crippen LogP contribution in [0.25, 0.3) is 0 Å². The van der Waals surface area contributed by atoms with Crippen LogP contribution in [-0.4, -0.2) is 26.9 Å². The molecule has 0 heterocycles. The molecule has 0 aliphatic heterocycles. The summed E-state index contributed by atoms with van der Waals surface area (Å²) in [7, 11) is 1.67. The molecule has 0 saturated carbocycles. The molecule has 0 aliphatic rings. The van der Waals surface area contributed by atoms with Crippen molar-refractivity contribution in [3.05, 3.63) is 29.8 Å². The van der Waals surface area contributed by atoms with E-state index in [-0.39, 0.29) is 0 Å². The van der Waals surface area contributed by atoms with Gasteiger partial charge in [0.15, 0.2) is 0 Å². The molecular formula is C12H19NO2. The third-order valence-corrected chi connectivity index (χ3v) is 2.08. The maximum atomic E-state index is 5.61. The van der Waals surface area contributed by atoms with Crippen molar-refractivity contribution in [2.24, 2.45) is 0 Å². The lowest BCUT2D eigenvalue weighted by molar-refractivity contribution is 0.145.